The Morgan fingerprint density at radius 1 is 1.40 bits per heavy atom. The van der Waals surface area contributed by atoms with Crippen LogP contribution in [0.4, 0.5) is 0 Å². The molecule has 0 aliphatic rings. The smallest absolute Gasteiger partial charge is 0.0583 e. The summed E-state index contributed by atoms with van der Waals surface area (Å²) in [4.78, 5) is 0. The number of hydrogen-bond donors (Lipinski definition) is 1. The van der Waals surface area contributed by atoms with Gasteiger partial charge in [-0.05, 0) is 24.5 Å². The first-order chi connectivity index (χ1) is 7.27. The summed E-state index contributed by atoms with van der Waals surface area (Å²) in [5, 5.41) is 0. The standard InChI is InChI=1S/C13H19NO/c1-11(15-2)10-13-7-4-3-6-12(13)8-5-9-14/h3-8,11H,9-10,14H2,1-2H3/b8-5+. The maximum atomic E-state index is 5.44. The molecule has 2 N–H and O–H groups in total. The molecule has 0 aromatic heterocycles. The normalized spacial score (nSPS) is 13.3. The van der Waals surface area contributed by atoms with E-state index >= 15 is 0 Å². The fourth-order valence-corrected chi connectivity index (χ4v) is 1.47. The van der Waals surface area contributed by atoms with E-state index in [2.05, 4.69) is 31.2 Å². The molecule has 1 aromatic rings. The van der Waals surface area contributed by atoms with Crippen LogP contribution in [0.25, 0.3) is 6.08 Å². The first-order valence-corrected chi connectivity index (χ1v) is 5.25. The lowest BCUT2D eigenvalue weighted by molar-refractivity contribution is 0.119. The van der Waals surface area contributed by atoms with Crippen molar-refractivity contribution in [3.8, 4) is 0 Å². The number of ether oxygens (including phenoxy) is 1. The summed E-state index contributed by atoms with van der Waals surface area (Å²) >= 11 is 0. The molecule has 2 heteroatoms. The molecule has 0 amide bonds. The van der Waals surface area contributed by atoms with Crippen molar-refractivity contribution in [2.45, 2.75) is 19.4 Å². The van der Waals surface area contributed by atoms with Gasteiger partial charge in [0.25, 0.3) is 0 Å². The Morgan fingerprint density at radius 3 is 2.80 bits per heavy atom. The maximum absolute atomic E-state index is 5.44. The Labute approximate surface area is 91.7 Å². The molecule has 15 heavy (non-hydrogen) atoms. The van der Waals surface area contributed by atoms with Crippen molar-refractivity contribution in [1.29, 1.82) is 0 Å². The zero-order valence-electron chi connectivity index (χ0n) is 9.44. The van der Waals surface area contributed by atoms with Gasteiger partial charge in [-0.3, -0.25) is 0 Å². The summed E-state index contributed by atoms with van der Waals surface area (Å²) in [6.45, 7) is 2.65. The first kappa shape index (κ1) is 12.0. The van der Waals surface area contributed by atoms with Gasteiger partial charge in [-0.1, -0.05) is 36.4 Å². The number of methoxy groups -OCH3 is 1. The Kier molecular flexibility index (Phi) is 5.08. The van der Waals surface area contributed by atoms with Crippen LogP contribution in [-0.4, -0.2) is 19.8 Å². The number of rotatable bonds is 5. The van der Waals surface area contributed by atoms with Crippen molar-refractivity contribution >= 4 is 6.08 Å². The van der Waals surface area contributed by atoms with E-state index in [1.165, 1.54) is 11.1 Å². The van der Waals surface area contributed by atoms with Crippen LogP contribution in [0.5, 0.6) is 0 Å². The highest BCUT2D eigenvalue weighted by Crippen LogP contribution is 2.13. The first-order valence-electron chi connectivity index (χ1n) is 5.25. The molecule has 0 saturated heterocycles. The zero-order chi connectivity index (χ0) is 11.1. The zero-order valence-corrected chi connectivity index (χ0v) is 9.44. The lowest BCUT2D eigenvalue weighted by Gasteiger charge is -2.11. The predicted molar refractivity (Wildman–Crippen MR) is 64.7 cm³/mol. The summed E-state index contributed by atoms with van der Waals surface area (Å²) in [5.41, 5.74) is 7.97. The molecule has 1 aromatic carbocycles. The Bertz CT molecular complexity index is 320. The van der Waals surface area contributed by atoms with E-state index in [0.717, 1.165) is 6.42 Å². The van der Waals surface area contributed by atoms with Crippen LogP contribution in [0.2, 0.25) is 0 Å². The molecule has 1 atom stereocenters. The lowest BCUT2D eigenvalue weighted by atomic mass is 10.0. The summed E-state index contributed by atoms with van der Waals surface area (Å²) < 4.78 is 5.26. The fourth-order valence-electron chi connectivity index (χ4n) is 1.47. The highest BCUT2D eigenvalue weighted by Gasteiger charge is 2.04. The molecule has 0 heterocycles. The van der Waals surface area contributed by atoms with Gasteiger partial charge in [-0.15, -0.1) is 0 Å². The SMILES string of the molecule is COC(C)Cc1ccccc1/C=C/CN. The second-order valence-corrected chi connectivity index (χ2v) is 3.59. The summed E-state index contributed by atoms with van der Waals surface area (Å²) in [6.07, 6.45) is 5.22. The van der Waals surface area contributed by atoms with Crippen LogP contribution in [0.1, 0.15) is 18.1 Å². The summed E-state index contributed by atoms with van der Waals surface area (Å²) in [5.74, 6) is 0. The van der Waals surface area contributed by atoms with Gasteiger partial charge in [-0.25, -0.2) is 0 Å². The quantitative estimate of drug-likeness (QED) is 0.800. The van der Waals surface area contributed by atoms with Crippen molar-refractivity contribution < 1.29 is 4.74 Å². The van der Waals surface area contributed by atoms with Gasteiger partial charge in [0.15, 0.2) is 0 Å². The highest BCUT2D eigenvalue weighted by atomic mass is 16.5. The minimum atomic E-state index is 0.248. The third-order valence-electron chi connectivity index (χ3n) is 2.40. The molecule has 1 unspecified atom stereocenters. The van der Waals surface area contributed by atoms with Crippen LogP contribution in [0.3, 0.4) is 0 Å². The van der Waals surface area contributed by atoms with E-state index in [1.54, 1.807) is 7.11 Å². The molecule has 0 bridgehead atoms. The van der Waals surface area contributed by atoms with Crippen LogP contribution in [-0.2, 0) is 11.2 Å². The second-order valence-electron chi connectivity index (χ2n) is 3.59. The predicted octanol–water partition coefficient (Wildman–Crippen LogP) is 2.24. The van der Waals surface area contributed by atoms with Crippen LogP contribution >= 0.6 is 0 Å². The van der Waals surface area contributed by atoms with E-state index in [-0.39, 0.29) is 6.10 Å². The van der Waals surface area contributed by atoms with Gasteiger partial charge in [0, 0.05) is 13.7 Å². The largest absolute Gasteiger partial charge is 0.381 e. The van der Waals surface area contributed by atoms with E-state index in [0.29, 0.717) is 6.54 Å². The Balaban J connectivity index is 2.81. The molecule has 0 spiro atoms. The van der Waals surface area contributed by atoms with Gasteiger partial charge in [-0.2, -0.15) is 0 Å². The number of hydrogen-bond acceptors (Lipinski definition) is 2. The summed E-state index contributed by atoms with van der Waals surface area (Å²) in [7, 11) is 1.74. The van der Waals surface area contributed by atoms with Gasteiger partial charge in [0.2, 0.25) is 0 Å². The van der Waals surface area contributed by atoms with E-state index < -0.39 is 0 Å². The minimum Gasteiger partial charge on any atom is -0.381 e. The van der Waals surface area contributed by atoms with Crippen LogP contribution in [0.15, 0.2) is 30.3 Å². The molecule has 0 aliphatic carbocycles. The third-order valence-corrected chi connectivity index (χ3v) is 2.40. The molecule has 0 radical (unpaired) electrons. The minimum absolute atomic E-state index is 0.248. The molecule has 0 fully saturated rings. The number of benzene rings is 1. The van der Waals surface area contributed by atoms with Gasteiger partial charge < -0.3 is 10.5 Å². The van der Waals surface area contributed by atoms with Crippen molar-refractivity contribution in [2.24, 2.45) is 5.73 Å². The van der Waals surface area contributed by atoms with E-state index in [9.17, 15) is 0 Å². The molecular weight excluding hydrogens is 186 g/mol. The van der Waals surface area contributed by atoms with E-state index in [1.807, 2.05) is 12.1 Å². The highest BCUT2D eigenvalue weighted by molar-refractivity contribution is 5.54. The van der Waals surface area contributed by atoms with Crippen molar-refractivity contribution in [2.75, 3.05) is 13.7 Å². The summed E-state index contributed by atoms with van der Waals surface area (Å²) in [6, 6.07) is 8.32. The Morgan fingerprint density at radius 2 is 2.13 bits per heavy atom. The molecule has 0 saturated carbocycles. The average Bonchev–Trinajstić information content (AvgIpc) is 2.28. The average molecular weight is 205 g/mol. The fraction of sp³-hybridized carbons (Fsp3) is 0.385. The topological polar surface area (TPSA) is 35.2 Å². The molecule has 0 aliphatic heterocycles. The lowest BCUT2D eigenvalue weighted by Crippen LogP contribution is -2.09. The van der Waals surface area contributed by atoms with Crippen LogP contribution in [0, 0.1) is 0 Å². The second kappa shape index (κ2) is 6.38. The van der Waals surface area contributed by atoms with Crippen molar-refractivity contribution in [3.05, 3.63) is 41.5 Å². The monoisotopic (exact) mass is 205 g/mol. The van der Waals surface area contributed by atoms with Gasteiger partial charge in [0.05, 0.1) is 6.10 Å². The van der Waals surface area contributed by atoms with Crippen LogP contribution < -0.4 is 5.73 Å². The maximum Gasteiger partial charge on any atom is 0.0583 e. The molecule has 2 nitrogen and oxygen atoms in total. The van der Waals surface area contributed by atoms with Crippen molar-refractivity contribution in [1.82, 2.24) is 0 Å². The van der Waals surface area contributed by atoms with Crippen molar-refractivity contribution in [3.63, 3.8) is 0 Å². The van der Waals surface area contributed by atoms with Gasteiger partial charge >= 0.3 is 0 Å². The van der Waals surface area contributed by atoms with Gasteiger partial charge in [0.1, 0.15) is 0 Å². The molecular formula is C13H19NO. The number of nitrogens with two attached hydrogens (primary N) is 1. The van der Waals surface area contributed by atoms with E-state index in [4.69, 9.17) is 10.5 Å². The third kappa shape index (κ3) is 3.86. The molecule has 1 rings (SSSR count). The Hall–Kier alpha value is -1.12. The molecule has 82 valence electrons.